The molecule has 9 nitrogen and oxygen atoms in total. The summed E-state index contributed by atoms with van der Waals surface area (Å²) in [5.74, 6) is -1.55. The maximum Gasteiger partial charge on any atom is 0.429 e. The van der Waals surface area contributed by atoms with E-state index in [4.69, 9.17) is 10.5 Å². The number of hydrogen-bond acceptors (Lipinski definition) is 8. The first-order valence-corrected chi connectivity index (χ1v) is 13.7. The Hall–Kier alpha value is -4.52. The molecule has 43 heavy (non-hydrogen) atoms. The van der Waals surface area contributed by atoms with E-state index in [2.05, 4.69) is 20.3 Å². The number of benzene rings is 2. The van der Waals surface area contributed by atoms with Gasteiger partial charge in [0.2, 0.25) is 17.9 Å². The van der Waals surface area contributed by atoms with Crippen LogP contribution in [-0.4, -0.2) is 57.9 Å². The molecule has 0 saturated carbocycles. The third-order valence-corrected chi connectivity index (χ3v) is 8.24. The van der Waals surface area contributed by atoms with Gasteiger partial charge in [0.1, 0.15) is 17.7 Å². The highest BCUT2D eigenvalue weighted by molar-refractivity contribution is 5.84. The molecular formula is C30H28F4N6O3. The molecule has 4 aromatic rings. The zero-order chi connectivity index (χ0) is 30.4. The number of carbonyl (C=O) groups is 1. The number of carboxylic acids is 1. The predicted molar refractivity (Wildman–Crippen MR) is 151 cm³/mol. The van der Waals surface area contributed by atoms with Crippen LogP contribution in [0.3, 0.4) is 0 Å². The van der Waals surface area contributed by atoms with E-state index in [1.54, 1.807) is 30.3 Å². The summed E-state index contributed by atoms with van der Waals surface area (Å²) in [4.78, 5) is 25.4. The molecule has 0 amide bonds. The summed E-state index contributed by atoms with van der Waals surface area (Å²) in [6, 6.07) is 13.1. The number of rotatable bonds is 6. The van der Waals surface area contributed by atoms with Crippen LogP contribution in [0.5, 0.6) is 5.88 Å². The molecule has 2 aromatic carbocycles. The quantitative estimate of drug-likeness (QED) is 0.260. The molecule has 2 fully saturated rings. The number of halogens is 4. The van der Waals surface area contributed by atoms with Gasteiger partial charge in [-0.15, -0.1) is 0 Å². The summed E-state index contributed by atoms with van der Waals surface area (Å²) in [5.41, 5.74) is 7.53. The number of fused-ring (bicyclic) bond motifs is 1. The molecule has 2 aliphatic rings. The lowest BCUT2D eigenvalue weighted by Gasteiger charge is -2.39. The SMILES string of the molecule is Nc1nc(O[C@H](c2ccc(-c3ccc4ncc(F)cc4c3)cc2)C(F)(F)F)cc(N2CCC3(CC2)CN[C@H](C(=O)O)C3)n1. The first-order chi connectivity index (χ1) is 20.5. The standard InChI is InChI=1S/C30H28F4N6O3/c31-21-12-20-11-19(5-6-22(20)36-15-21)17-1-3-18(4-2-17)26(30(32,33)34)43-25-13-24(38-28(35)39-25)40-9-7-29(8-10-40)14-23(27(41)42)37-16-29/h1-6,11-13,15,23,26,37H,7-10,14,16H2,(H,41,42)(H2,35,38,39)/t23-,26+/m0/s1. The van der Waals surface area contributed by atoms with E-state index in [9.17, 15) is 27.5 Å². The maximum absolute atomic E-state index is 14.2. The van der Waals surface area contributed by atoms with Crippen molar-refractivity contribution in [1.82, 2.24) is 20.3 Å². The fraction of sp³-hybridized carbons (Fsp3) is 0.333. The molecule has 4 N–H and O–H groups in total. The Balaban J connectivity index is 1.19. The number of nitrogen functional groups attached to an aromatic ring is 1. The van der Waals surface area contributed by atoms with E-state index in [0.717, 1.165) is 6.20 Å². The first kappa shape index (κ1) is 28.6. The number of aromatic nitrogens is 3. The first-order valence-electron chi connectivity index (χ1n) is 13.7. The summed E-state index contributed by atoms with van der Waals surface area (Å²) in [6.07, 6.45) is -4.04. The van der Waals surface area contributed by atoms with Crippen LogP contribution in [0, 0.1) is 11.2 Å². The van der Waals surface area contributed by atoms with Crippen LogP contribution in [0.25, 0.3) is 22.0 Å². The molecule has 2 aliphatic heterocycles. The van der Waals surface area contributed by atoms with Gasteiger partial charge in [-0.1, -0.05) is 30.3 Å². The molecule has 0 radical (unpaired) electrons. The predicted octanol–water partition coefficient (Wildman–Crippen LogP) is 5.13. The van der Waals surface area contributed by atoms with Gasteiger partial charge in [-0.05, 0) is 54.0 Å². The van der Waals surface area contributed by atoms with Gasteiger partial charge in [0.15, 0.2) is 0 Å². The van der Waals surface area contributed by atoms with Crippen LogP contribution in [-0.2, 0) is 4.79 Å². The zero-order valence-electron chi connectivity index (χ0n) is 22.8. The molecule has 4 heterocycles. The van der Waals surface area contributed by atoms with E-state index in [0.29, 0.717) is 66.7 Å². The number of nitrogens with zero attached hydrogens (tertiary/aromatic N) is 4. The number of anilines is 2. The van der Waals surface area contributed by atoms with Crippen molar-refractivity contribution in [2.45, 2.75) is 37.6 Å². The third kappa shape index (κ3) is 6.03. The highest BCUT2D eigenvalue weighted by Crippen LogP contribution is 2.41. The lowest BCUT2D eigenvalue weighted by atomic mass is 9.76. The molecule has 224 valence electrons. The number of hydrogen-bond donors (Lipinski definition) is 3. The summed E-state index contributed by atoms with van der Waals surface area (Å²) in [7, 11) is 0. The Bertz CT molecular complexity index is 1660. The Morgan fingerprint density at radius 2 is 1.79 bits per heavy atom. The fourth-order valence-electron chi connectivity index (χ4n) is 5.91. The molecule has 1 spiro atoms. The van der Waals surface area contributed by atoms with Crippen molar-refractivity contribution in [3.05, 3.63) is 72.2 Å². The highest BCUT2D eigenvalue weighted by atomic mass is 19.4. The Kier molecular flexibility index (Phi) is 7.28. The smallest absolute Gasteiger partial charge is 0.429 e. The van der Waals surface area contributed by atoms with E-state index < -0.39 is 30.1 Å². The molecule has 2 atom stereocenters. The number of ether oxygens (including phenoxy) is 1. The fourth-order valence-corrected chi connectivity index (χ4v) is 5.91. The number of aliphatic carboxylic acids is 1. The van der Waals surface area contributed by atoms with Crippen molar-refractivity contribution in [3.8, 4) is 17.0 Å². The van der Waals surface area contributed by atoms with E-state index >= 15 is 0 Å². The van der Waals surface area contributed by atoms with Crippen LogP contribution in [0.2, 0.25) is 0 Å². The van der Waals surface area contributed by atoms with Crippen molar-refractivity contribution in [2.24, 2.45) is 5.41 Å². The average Bonchev–Trinajstić information content (AvgIpc) is 3.39. The second-order valence-corrected chi connectivity index (χ2v) is 11.1. The van der Waals surface area contributed by atoms with Crippen molar-refractivity contribution in [2.75, 3.05) is 30.3 Å². The summed E-state index contributed by atoms with van der Waals surface area (Å²) < 4.78 is 61.8. The van der Waals surface area contributed by atoms with Gasteiger partial charge in [-0.2, -0.15) is 23.1 Å². The second kappa shape index (κ2) is 11.0. The van der Waals surface area contributed by atoms with E-state index in [1.165, 1.54) is 24.3 Å². The van der Waals surface area contributed by atoms with Gasteiger partial charge in [-0.25, -0.2) is 4.39 Å². The Morgan fingerprint density at radius 3 is 2.47 bits per heavy atom. The van der Waals surface area contributed by atoms with Crippen LogP contribution < -0.4 is 20.7 Å². The van der Waals surface area contributed by atoms with E-state index in [-0.39, 0.29) is 22.8 Å². The molecule has 2 aromatic heterocycles. The minimum absolute atomic E-state index is 0.134. The van der Waals surface area contributed by atoms with Gasteiger partial charge in [-0.3, -0.25) is 9.78 Å². The largest absolute Gasteiger partial charge is 0.480 e. The van der Waals surface area contributed by atoms with Crippen molar-refractivity contribution < 1.29 is 32.2 Å². The molecule has 6 rings (SSSR count). The van der Waals surface area contributed by atoms with Gasteiger partial charge >= 0.3 is 12.1 Å². The second-order valence-electron chi connectivity index (χ2n) is 11.1. The normalized spacial score (nSPS) is 19.1. The number of nitrogens with two attached hydrogens (primary N) is 1. The van der Waals surface area contributed by atoms with Crippen molar-refractivity contribution in [3.63, 3.8) is 0 Å². The number of pyridine rings is 1. The summed E-state index contributed by atoms with van der Waals surface area (Å²) in [5, 5.41) is 13.0. The minimum Gasteiger partial charge on any atom is -0.480 e. The lowest BCUT2D eigenvalue weighted by molar-refractivity contribution is -0.198. The topological polar surface area (TPSA) is 126 Å². The van der Waals surface area contributed by atoms with Gasteiger partial charge in [0.25, 0.3) is 0 Å². The van der Waals surface area contributed by atoms with Crippen LogP contribution in [0.4, 0.5) is 29.3 Å². The summed E-state index contributed by atoms with van der Waals surface area (Å²) in [6.45, 7) is 1.66. The third-order valence-electron chi connectivity index (χ3n) is 8.24. The monoisotopic (exact) mass is 596 g/mol. The van der Waals surface area contributed by atoms with Crippen molar-refractivity contribution in [1.29, 1.82) is 0 Å². The van der Waals surface area contributed by atoms with Crippen LogP contribution in [0.1, 0.15) is 30.9 Å². The maximum atomic E-state index is 14.2. The minimum atomic E-state index is -4.76. The zero-order valence-corrected chi connectivity index (χ0v) is 22.8. The number of piperidine rings is 1. The average molecular weight is 597 g/mol. The van der Waals surface area contributed by atoms with Crippen LogP contribution >= 0.6 is 0 Å². The number of nitrogens with one attached hydrogen (secondary N) is 1. The Labute approximate surface area is 243 Å². The lowest BCUT2D eigenvalue weighted by Crippen LogP contribution is -2.41. The van der Waals surface area contributed by atoms with Gasteiger partial charge in [0.05, 0.1) is 11.7 Å². The van der Waals surface area contributed by atoms with E-state index in [1.807, 2.05) is 4.90 Å². The van der Waals surface area contributed by atoms with Crippen LogP contribution in [0.15, 0.2) is 60.8 Å². The number of carboxylic acid groups (broad SMARTS) is 1. The molecule has 0 aliphatic carbocycles. The van der Waals surface area contributed by atoms with Crippen molar-refractivity contribution >= 4 is 28.6 Å². The molecule has 0 unspecified atom stereocenters. The number of alkyl halides is 3. The summed E-state index contributed by atoms with van der Waals surface area (Å²) >= 11 is 0. The molecular weight excluding hydrogens is 568 g/mol. The highest BCUT2D eigenvalue weighted by Gasteiger charge is 2.45. The molecule has 2 saturated heterocycles. The molecule has 0 bridgehead atoms. The molecule has 13 heteroatoms. The van der Waals surface area contributed by atoms with Gasteiger partial charge < -0.3 is 25.8 Å². The Morgan fingerprint density at radius 1 is 1.07 bits per heavy atom. The van der Waals surface area contributed by atoms with Gasteiger partial charge in [0, 0.05) is 36.7 Å².